The normalized spacial score (nSPS) is 12.2. The average molecular weight is 357 g/mol. The van der Waals surface area contributed by atoms with Gasteiger partial charge in [0.05, 0.1) is 0 Å². The summed E-state index contributed by atoms with van der Waals surface area (Å²) in [7, 11) is 0. The van der Waals surface area contributed by atoms with Crippen LogP contribution in [0.1, 0.15) is 16.0 Å². The molecule has 0 saturated heterocycles. The minimum absolute atomic E-state index is 0.534. The molecule has 0 aliphatic carbocycles. The van der Waals surface area contributed by atoms with Crippen molar-refractivity contribution >= 4 is 73.9 Å². The first-order valence-electron chi connectivity index (χ1n) is 3.47. The monoisotopic (exact) mass is 354 g/mol. The molecule has 14 heavy (non-hydrogen) atoms. The maximum atomic E-state index is 5.74. The van der Waals surface area contributed by atoms with Gasteiger partial charge in [0.2, 0.25) is 3.79 Å². The van der Waals surface area contributed by atoms with E-state index < -0.39 is 8.63 Å². The smallest absolute Gasteiger partial charge is 0.100 e. The van der Waals surface area contributed by atoms with Crippen molar-refractivity contribution in [2.45, 2.75) is 8.63 Å². The molecule has 0 aliphatic heterocycles. The average Bonchev–Trinajstić information content (AvgIpc) is 2.02. The lowest BCUT2D eigenvalue weighted by Crippen LogP contribution is -2.01. The molecule has 0 bridgehead atoms. The Bertz CT molecular complexity index is 331. The van der Waals surface area contributed by atoms with Crippen molar-refractivity contribution in [3.63, 3.8) is 0 Å². The van der Waals surface area contributed by atoms with Gasteiger partial charge in [-0.2, -0.15) is 0 Å². The van der Waals surface area contributed by atoms with Gasteiger partial charge in [-0.25, -0.2) is 0 Å². The molecule has 78 valence electrons. The number of halogens is 6. The summed E-state index contributed by atoms with van der Waals surface area (Å²) in [6, 6.07) is 5.09. The SMILES string of the molecule is ClC(Cl)c1cc(C(Cl)(Cl)Cl)ccc1Br. The Morgan fingerprint density at radius 1 is 1.14 bits per heavy atom. The predicted molar refractivity (Wildman–Crippen MR) is 67.8 cm³/mol. The zero-order chi connectivity index (χ0) is 10.9. The van der Waals surface area contributed by atoms with E-state index in [1.165, 1.54) is 0 Å². The molecule has 0 fully saturated rings. The molecule has 0 unspecified atom stereocenters. The van der Waals surface area contributed by atoms with Gasteiger partial charge >= 0.3 is 0 Å². The summed E-state index contributed by atoms with van der Waals surface area (Å²) in [4.78, 5) is -0.656. The van der Waals surface area contributed by atoms with Crippen molar-refractivity contribution in [2.24, 2.45) is 0 Å². The van der Waals surface area contributed by atoms with Crippen LogP contribution in [0, 0.1) is 0 Å². The number of hydrogen-bond donors (Lipinski definition) is 0. The fraction of sp³-hybridized carbons (Fsp3) is 0.250. The van der Waals surface area contributed by atoms with Crippen molar-refractivity contribution in [3.05, 3.63) is 33.8 Å². The molecule has 0 aromatic heterocycles. The van der Waals surface area contributed by atoms with Crippen LogP contribution in [0.2, 0.25) is 0 Å². The summed E-state index contributed by atoms with van der Waals surface area (Å²) in [5, 5.41) is 0. The summed E-state index contributed by atoms with van der Waals surface area (Å²) in [5.41, 5.74) is 1.21. The van der Waals surface area contributed by atoms with Crippen LogP contribution < -0.4 is 0 Å². The molecule has 1 aromatic rings. The molecule has 0 nitrogen and oxygen atoms in total. The highest BCUT2D eigenvalue weighted by Crippen LogP contribution is 2.41. The highest BCUT2D eigenvalue weighted by atomic mass is 79.9. The standard InChI is InChI=1S/C8H4BrCl5/c9-6-2-1-4(8(12,13)14)3-5(6)7(10)11/h1-3,7H. The molecular weight excluding hydrogens is 353 g/mol. The Labute approximate surface area is 116 Å². The van der Waals surface area contributed by atoms with Crippen LogP contribution >= 0.6 is 73.9 Å². The van der Waals surface area contributed by atoms with Gasteiger partial charge in [-0.1, -0.05) is 56.8 Å². The van der Waals surface area contributed by atoms with Gasteiger partial charge in [-0.15, -0.1) is 23.2 Å². The lowest BCUT2D eigenvalue weighted by molar-refractivity contribution is 1.19. The van der Waals surface area contributed by atoms with E-state index in [1.54, 1.807) is 18.2 Å². The number of alkyl halides is 5. The van der Waals surface area contributed by atoms with Crippen molar-refractivity contribution in [3.8, 4) is 0 Å². The first kappa shape index (κ1) is 13.2. The zero-order valence-electron chi connectivity index (χ0n) is 6.58. The van der Waals surface area contributed by atoms with Crippen molar-refractivity contribution in [2.75, 3.05) is 0 Å². The zero-order valence-corrected chi connectivity index (χ0v) is 11.9. The van der Waals surface area contributed by atoms with E-state index in [4.69, 9.17) is 58.0 Å². The molecule has 1 aromatic carbocycles. The van der Waals surface area contributed by atoms with Gasteiger partial charge in [-0.05, 0) is 17.7 Å². The summed E-state index contributed by atoms with van der Waals surface area (Å²) in [5.74, 6) is 0. The summed E-state index contributed by atoms with van der Waals surface area (Å²) in [6.07, 6.45) is 0. The molecule has 0 spiro atoms. The summed E-state index contributed by atoms with van der Waals surface area (Å²) >= 11 is 31.9. The van der Waals surface area contributed by atoms with Crippen LogP contribution in [0.3, 0.4) is 0 Å². The lowest BCUT2D eigenvalue weighted by Gasteiger charge is -2.14. The van der Waals surface area contributed by atoms with E-state index in [9.17, 15) is 0 Å². The second-order valence-corrected chi connectivity index (χ2v) is 6.77. The van der Waals surface area contributed by atoms with E-state index in [0.717, 1.165) is 4.47 Å². The van der Waals surface area contributed by atoms with E-state index in [0.29, 0.717) is 11.1 Å². The third-order valence-corrected chi connectivity index (χ3v) is 3.41. The topological polar surface area (TPSA) is 0 Å². The molecular formula is C8H4BrCl5. The largest absolute Gasteiger partial charge is 0.216 e. The molecule has 0 amide bonds. The van der Waals surface area contributed by atoms with Crippen LogP contribution in [0.25, 0.3) is 0 Å². The lowest BCUT2D eigenvalue weighted by atomic mass is 10.1. The Kier molecular flexibility index (Phi) is 4.71. The molecule has 6 heteroatoms. The quantitative estimate of drug-likeness (QED) is 0.561. The molecule has 0 aliphatic rings. The van der Waals surface area contributed by atoms with Gasteiger partial charge in [0, 0.05) is 10.0 Å². The second kappa shape index (κ2) is 4.99. The van der Waals surface area contributed by atoms with Gasteiger partial charge in [0.1, 0.15) is 4.84 Å². The molecule has 0 heterocycles. The fourth-order valence-corrected chi connectivity index (χ4v) is 2.34. The third kappa shape index (κ3) is 3.33. The van der Waals surface area contributed by atoms with Gasteiger partial charge in [0.25, 0.3) is 0 Å². The maximum Gasteiger partial charge on any atom is 0.216 e. The highest BCUT2D eigenvalue weighted by Gasteiger charge is 2.24. The Morgan fingerprint density at radius 2 is 1.71 bits per heavy atom. The summed E-state index contributed by atoms with van der Waals surface area (Å²) in [6.45, 7) is 0. The van der Waals surface area contributed by atoms with Gasteiger partial charge in [-0.3, -0.25) is 0 Å². The van der Waals surface area contributed by atoms with Gasteiger partial charge in [0.15, 0.2) is 0 Å². The van der Waals surface area contributed by atoms with Crippen LogP contribution in [0.5, 0.6) is 0 Å². The van der Waals surface area contributed by atoms with Crippen LogP contribution in [0.4, 0.5) is 0 Å². The predicted octanol–water partition coefficient (Wildman–Crippen LogP) is 5.75. The number of hydrogen-bond acceptors (Lipinski definition) is 0. The molecule has 1 rings (SSSR count). The second-order valence-electron chi connectivity index (χ2n) is 2.53. The highest BCUT2D eigenvalue weighted by molar-refractivity contribution is 9.10. The third-order valence-electron chi connectivity index (χ3n) is 1.56. The molecule has 0 N–H and O–H groups in total. The molecule has 0 saturated carbocycles. The van der Waals surface area contributed by atoms with Crippen molar-refractivity contribution < 1.29 is 0 Å². The first-order valence-corrected chi connectivity index (χ1v) is 6.27. The maximum absolute atomic E-state index is 5.74. The minimum Gasteiger partial charge on any atom is -0.100 e. The van der Waals surface area contributed by atoms with Crippen LogP contribution in [-0.4, -0.2) is 0 Å². The molecule has 0 radical (unpaired) electrons. The number of rotatable bonds is 1. The van der Waals surface area contributed by atoms with Gasteiger partial charge < -0.3 is 0 Å². The van der Waals surface area contributed by atoms with Crippen molar-refractivity contribution in [1.29, 1.82) is 0 Å². The van der Waals surface area contributed by atoms with E-state index >= 15 is 0 Å². The fourth-order valence-electron chi connectivity index (χ4n) is 0.887. The van der Waals surface area contributed by atoms with Crippen LogP contribution in [0.15, 0.2) is 22.7 Å². The van der Waals surface area contributed by atoms with E-state index in [1.807, 2.05) is 0 Å². The van der Waals surface area contributed by atoms with Crippen molar-refractivity contribution in [1.82, 2.24) is 0 Å². The Balaban J connectivity index is 3.20. The first-order chi connectivity index (χ1) is 6.32. The van der Waals surface area contributed by atoms with Crippen LogP contribution in [-0.2, 0) is 3.79 Å². The molecule has 0 atom stereocenters. The van der Waals surface area contributed by atoms with E-state index in [2.05, 4.69) is 15.9 Å². The Hall–Kier alpha value is 1.15. The number of benzene rings is 1. The minimum atomic E-state index is -1.46. The Morgan fingerprint density at radius 3 is 2.14 bits per heavy atom. The summed E-state index contributed by atoms with van der Waals surface area (Å²) < 4.78 is -0.677. The van der Waals surface area contributed by atoms with E-state index in [-0.39, 0.29) is 0 Å².